The molecule has 0 aromatic heterocycles. The second kappa shape index (κ2) is 13.4. The molecule has 7 rings (SSSR count). The van der Waals surface area contributed by atoms with Gasteiger partial charge in [0.1, 0.15) is 17.5 Å². The average Bonchev–Trinajstić information content (AvgIpc) is 3.21. The number of sulfonamides is 1. The van der Waals surface area contributed by atoms with E-state index in [4.69, 9.17) is 30.5 Å². The van der Waals surface area contributed by atoms with Crippen LogP contribution >= 0.6 is 11.6 Å². The molecule has 264 valence electrons. The van der Waals surface area contributed by atoms with E-state index in [2.05, 4.69) is 15.7 Å². The van der Waals surface area contributed by atoms with Crippen LogP contribution in [0.25, 0.3) is 0 Å². The highest BCUT2D eigenvalue weighted by molar-refractivity contribution is 7.90. The third-order valence-corrected chi connectivity index (χ3v) is 12.4. The lowest BCUT2D eigenvalue weighted by molar-refractivity contribution is -0.139. The average molecular weight is 714 g/mol. The van der Waals surface area contributed by atoms with E-state index in [0.29, 0.717) is 62.5 Å². The second-order valence-corrected chi connectivity index (χ2v) is 16.5. The lowest BCUT2D eigenvalue weighted by atomic mass is 9.68. The number of hydrogen-bond donors (Lipinski definition) is 1. The SMILES string of the molecule is CC1(C)OC/C=C/[C@H](OC(=O)N2CCOCC2)[C@@H]2CC[C@H]2CN2C[C@@]3(CCCc4cc(Cl)ccc43)COc3ccc(cc32)S(=O)(=O)NC1=O. The van der Waals surface area contributed by atoms with Crippen molar-refractivity contribution in [1.29, 1.82) is 0 Å². The Morgan fingerprint density at radius 1 is 1.10 bits per heavy atom. The van der Waals surface area contributed by atoms with Gasteiger partial charge >= 0.3 is 6.09 Å². The molecule has 1 saturated heterocycles. The Bertz CT molecular complexity index is 1740. The maximum Gasteiger partial charge on any atom is 0.410 e. The Hall–Kier alpha value is -3.32. The van der Waals surface area contributed by atoms with E-state index < -0.39 is 27.6 Å². The van der Waals surface area contributed by atoms with E-state index >= 15 is 0 Å². The molecule has 1 saturated carbocycles. The Balaban J connectivity index is 1.28. The summed E-state index contributed by atoms with van der Waals surface area (Å²) >= 11 is 6.43. The fourth-order valence-corrected chi connectivity index (χ4v) is 9.14. The summed E-state index contributed by atoms with van der Waals surface area (Å²) in [5.41, 5.74) is 1.25. The number of rotatable bonds is 1. The number of anilines is 1. The highest BCUT2D eigenvalue weighted by atomic mass is 35.5. The van der Waals surface area contributed by atoms with Gasteiger partial charge in [-0.2, -0.15) is 0 Å². The molecular weight excluding hydrogens is 670 g/mol. The number of fused-ring (bicyclic) bond motifs is 4. The van der Waals surface area contributed by atoms with Gasteiger partial charge in [-0.15, -0.1) is 0 Å². The van der Waals surface area contributed by atoms with Crippen molar-refractivity contribution in [2.45, 2.75) is 68.0 Å². The summed E-state index contributed by atoms with van der Waals surface area (Å²) in [6, 6.07) is 10.9. The molecule has 3 heterocycles. The number of nitrogens with one attached hydrogen (secondary N) is 1. The maximum atomic E-state index is 13.6. The number of carbonyl (C=O) groups excluding carboxylic acids is 2. The van der Waals surface area contributed by atoms with Crippen LogP contribution in [-0.4, -0.2) is 89.6 Å². The molecule has 2 aromatic carbocycles. The van der Waals surface area contributed by atoms with Crippen LogP contribution in [0.1, 0.15) is 50.7 Å². The van der Waals surface area contributed by atoms with E-state index in [1.165, 1.54) is 31.0 Å². The first-order valence-electron chi connectivity index (χ1n) is 17.2. The number of halogens is 1. The van der Waals surface area contributed by atoms with Crippen molar-refractivity contribution in [2.75, 3.05) is 57.5 Å². The van der Waals surface area contributed by atoms with Gasteiger partial charge in [-0.3, -0.25) is 4.79 Å². The third-order valence-electron chi connectivity index (χ3n) is 10.8. The van der Waals surface area contributed by atoms with Crippen molar-refractivity contribution in [2.24, 2.45) is 11.8 Å². The Kier molecular flexibility index (Phi) is 9.36. The van der Waals surface area contributed by atoms with Gasteiger partial charge in [0.05, 0.1) is 37.0 Å². The number of ether oxygens (including phenoxy) is 4. The molecule has 11 nitrogen and oxygen atoms in total. The molecule has 2 bridgehead atoms. The lowest BCUT2D eigenvalue weighted by Crippen LogP contribution is -2.50. The predicted molar refractivity (Wildman–Crippen MR) is 184 cm³/mol. The molecule has 5 aliphatic rings. The topological polar surface area (TPSA) is 124 Å². The first-order chi connectivity index (χ1) is 23.4. The normalized spacial score (nSPS) is 30.0. The van der Waals surface area contributed by atoms with Crippen LogP contribution in [0, 0.1) is 11.8 Å². The number of amides is 2. The second-order valence-electron chi connectivity index (χ2n) is 14.4. The van der Waals surface area contributed by atoms with Crippen molar-refractivity contribution < 1.29 is 37.0 Å². The van der Waals surface area contributed by atoms with Crippen molar-refractivity contribution in [3.05, 3.63) is 64.7 Å². The van der Waals surface area contributed by atoms with Crippen LogP contribution in [0.3, 0.4) is 0 Å². The monoisotopic (exact) mass is 713 g/mol. The number of aryl methyl sites for hydroxylation is 1. The van der Waals surface area contributed by atoms with E-state index in [1.54, 1.807) is 23.1 Å². The van der Waals surface area contributed by atoms with Crippen LogP contribution < -0.4 is 14.4 Å². The third kappa shape index (κ3) is 6.89. The van der Waals surface area contributed by atoms with Gasteiger partial charge in [0.2, 0.25) is 0 Å². The van der Waals surface area contributed by atoms with E-state index in [-0.39, 0.29) is 34.8 Å². The van der Waals surface area contributed by atoms with Crippen LogP contribution in [0.2, 0.25) is 5.02 Å². The van der Waals surface area contributed by atoms with Gasteiger partial charge in [0.25, 0.3) is 15.9 Å². The fourth-order valence-electron chi connectivity index (χ4n) is 7.82. The van der Waals surface area contributed by atoms with Gasteiger partial charge < -0.3 is 28.7 Å². The zero-order valence-corrected chi connectivity index (χ0v) is 29.6. The molecule has 49 heavy (non-hydrogen) atoms. The molecule has 3 aliphatic heterocycles. The molecule has 1 N–H and O–H groups in total. The van der Waals surface area contributed by atoms with Gasteiger partial charge in [0, 0.05) is 42.5 Å². The highest BCUT2D eigenvalue weighted by Crippen LogP contribution is 2.47. The van der Waals surface area contributed by atoms with Crippen molar-refractivity contribution >= 4 is 39.3 Å². The summed E-state index contributed by atoms with van der Waals surface area (Å²) in [6.45, 7) is 6.58. The highest BCUT2D eigenvalue weighted by Gasteiger charge is 2.45. The van der Waals surface area contributed by atoms with E-state index in [1.807, 2.05) is 18.2 Å². The molecule has 2 aromatic rings. The zero-order valence-electron chi connectivity index (χ0n) is 28.0. The number of benzene rings is 2. The Morgan fingerprint density at radius 3 is 2.69 bits per heavy atom. The molecule has 4 atom stereocenters. The molecular formula is C36H44ClN3O8S. The number of carbonyl (C=O) groups is 2. The number of nitrogens with zero attached hydrogens (tertiary/aromatic N) is 2. The first-order valence-corrected chi connectivity index (χ1v) is 19.0. The molecule has 2 fully saturated rings. The molecule has 0 unspecified atom stereocenters. The molecule has 13 heteroatoms. The van der Waals surface area contributed by atoms with E-state index in [9.17, 15) is 18.0 Å². The van der Waals surface area contributed by atoms with Crippen LogP contribution in [0.5, 0.6) is 5.75 Å². The Labute approximate surface area is 292 Å². The zero-order chi connectivity index (χ0) is 34.4. The van der Waals surface area contributed by atoms with E-state index in [0.717, 1.165) is 32.1 Å². The summed E-state index contributed by atoms with van der Waals surface area (Å²) in [5, 5.41) is 0.701. The summed E-state index contributed by atoms with van der Waals surface area (Å²) < 4.78 is 53.5. The molecule has 2 aliphatic carbocycles. The van der Waals surface area contributed by atoms with Crippen LogP contribution in [-0.2, 0) is 40.9 Å². The van der Waals surface area contributed by atoms with Crippen molar-refractivity contribution in [3.63, 3.8) is 0 Å². The smallest absolute Gasteiger partial charge is 0.410 e. The molecule has 2 amide bonds. The minimum absolute atomic E-state index is 0.0255. The number of hydrogen-bond acceptors (Lipinski definition) is 9. The largest absolute Gasteiger partial charge is 0.490 e. The van der Waals surface area contributed by atoms with Crippen LogP contribution in [0.15, 0.2) is 53.4 Å². The summed E-state index contributed by atoms with van der Waals surface area (Å²) in [6.07, 6.45) is 7.31. The van der Waals surface area contributed by atoms with Crippen molar-refractivity contribution in [1.82, 2.24) is 9.62 Å². The van der Waals surface area contributed by atoms with Crippen molar-refractivity contribution in [3.8, 4) is 5.75 Å². The standard InChI is InChI=1S/C36H44ClN3O8S/c1-35(2)33(41)38-49(43,44)27-9-12-32-30(20-27)40(22-36(23-46-32)13-3-5-24-19-26(37)8-11-29(24)36)21-25-7-10-28(25)31(6-4-16-47-35)48-34(42)39-14-17-45-18-15-39/h4,6,8-9,11-12,19-20,25,28,31H,3,5,7,10,13-18,21-23H2,1-2H3,(H,38,41)/b6-4+/t25-,28+,31-,36-/m0/s1. The quantitative estimate of drug-likeness (QED) is 0.414. The first kappa shape index (κ1) is 34.1. The fraction of sp³-hybridized carbons (Fsp3) is 0.556. The van der Waals surface area contributed by atoms with Gasteiger partial charge in [-0.05, 0) is 99.4 Å². The van der Waals surface area contributed by atoms with Gasteiger partial charge in [-0.1, -0.05) is 23.7 Å². The predicted octanol–water partition coefficient (Wildman–Crippen LogP) is 4.85. The minimum Gasteiger partial charge on any atom is -0.490 e. The van der Waals surface area contributed by atoms with Gasteiger partial charge in [-0.25, -0.2) is 17.9 Å². The number of morpholine rings is 1. The van der Waals surface area contributed by atoms with Crippen LogP contribution in [0.4, 0.5) is 10.5 Å². The summed E-state index contributed by atoms with van der Waals surface area (Å²) in [5.74, 6) is -0.0343. The minimum atomic E-state index is -4.24. The molecule has 1 spiro atoms. The Morgan fingerprint density at radius 2 is 1.92 bits per heavy atom. The molecule has 0 radical (unpaired) electrons. The van der Waals surface area contributed by atoms with Gasteiger partial charge in [0.15, 0.2) is 0 Å². The summed E-state index contributed by atoms with van der Waals surface area (Å²) in [7, 11) is -4.24. The lowest BCUT2D eigenvalue weighted by Gasteiger charge is -2.46. The maximum absolute atomic E-state index is 13.6. The summed E-state index contributed by atoms with van der Waals surface area (Å²) in [4.78, 5) is 30.5.